The van der Waals surface area contributed by atoms with E-state index in [2.05, 4.69) is 26.1 Å². The molecule has 2 saturated heterocycles. The Bertz CT molecular complexity index is 285. The second-order valence-corrected chi connectivity index (χ2v) is 5.79. The predicted molar refractivity (Wildman–Crippen MR) is 57.9 cm³/mol. The molecule has 1 amide bonds. The lowest BCUT2D eigenvalue weighted by atomic mass is 9.58. The van der Waals surface area contributed by atoms with Crippen molar-refractivity contribution in [2.24, 2.45) is 11.3 Å². The Balaban J connectivity index is 2.19. The molecule has 1 unspecified atom stereocenters. The summed E-state index contributed by atoms with van der Waals surface area (Å²) in [6, 6.07) is 0. The molecular formula is C11H20N2O2. The van der Waals surface area contributed by atoms with Crippen molar-refractivity contribution in [1.82, 2.24) is 10.2 Å². The van der Waals surface area contributed by atoms with E-state index in [9.17, 15) is 4.79 Å². The molecule has 2 rings (SSSR count). The van der Waals surface area contributed by atoms with Crippen LogP contribution in [0, 0.1) is 11.3 Å². The number of fused-ring (bicyclic) bond motifs is 1. The lowest BCUT2D eigenvalue weighted by molar-refractivity contribution is -0.0636. The summed E-state index contributed by atoms with van der Waals surface area (Å²) in [6.45, 7) is 8.95. The van der Waals surface area contributed by atoms with Crippen LogP contribution < -0.4 is 5.32 Å². The first-order valence-corrected chi connectivity index (χ1v) is 5.60. The summed E-state index contributed by atoms with van der Waals surface area (Å²) in [5.41, 5.74) is 0.119. The summed E-state index contributed by atoms with van der Waals surface area (Å²) >= 11 is 0. The van der Waals surface area contributed by atoms with Crippen molar-refractivity contribution in [2.75, 3.05) is 19.6 Å². The minimum atomic E-state index is -0.786. The van der Waals surface area contributed by atoms with E-state index in [0.29, 0.717) is 19.0 Å². The molecule has 2 N–H and O–H groups in total. The van der Waals surface area contributed by atoms with Crippen LogP contribution >= 0.6 is 0 Å². The maximum Gasteiger partial charge on any atom is 0.407 e. The second-order valence-electron chi connectivity index (χ2n) is 5.79. The van der Waals surface area contributed by atoms with Crippen LogP contribution in [0.3, 0.4) is 0 Å². The molecule has 0 aromatic heterocycles. The number of hydrogen-bond acceptors (Lipinski definition) is 2. The van der Waals surface area contributed by atoms with Crippen LogP contribution in [0.1, 0.15) is 27.2 Å². The molecule has 86 valence electrons. The van der Waals surface area contributed by atoms with Gasteiger partial charge < -0.3 is 15.3 Å². The predicted octanol–water partition coefficient (Wildman–Crippen LogP) is 1.37. The van der Waals surface area contributed by atoms with Crippen molar-refractivity contribution in [1.29, 1.82) is 0 Å². The Morgan fingerprint density at radius 2 is 2.20 bits per heavy atom. The van der Waals surface area contributed by atoms with Gasteiger partial charge in [-0.3, -0.25) is 0 Å². The molecule has 0 spiro atoms. The lowest BCUT2D eigenvalue weighted by Gasteiger charge is -2.62. The normalized spacial score (nSPS) is 35.7. The summed E-state index contributed by atoms with van der Waals surface area (Å²) in [6.07, 6.45) is 0.210. The average Bonchev–Trinajstić information content (AvgIpc) is 2.04. The number of piperidine rings is 1. The molecule has 2 aliphatic heterocycles. The lowest BCUT2D eigenvalue weighted by Crippen LogP contribution is -2.77. The fraction of sp³-hybridized carbons (Fsp3) is 0.909. The Hall–Kier alpha value is -0.770. The number of hydrogen-bond donors (Lipinski definition) is 2. The highest BCUT2D eigenvalue weighted by atomic mass is 16.4. The summed E-state index contributed by atoms with van der Waals surface area (Å²) in [5, 5.41) is 12.5. The summed E-state index contributed by atoms with van der Waals surface area (Å²) < 4.78 is 0. The molecule has 0 aromatic carbocycles. The SMILES string of the molecule is CC(C)(C)C12CN(C(=O)O)CC[C@H]1CN2. The van der Waals surface area contributed by atoms with Crippen molar-refractivity contribution in [3.8, 4) is 0 Å². The first kappa shape index (κ1) is 10.7. The van der Waals surface area contributed by atoms with Crippen molar-refractivity contribution in [2.45, 2.75) is 32.7 Å². The number of amides is 1. The van der Waals surface area contributed by atoms with Gasteiger partial charge in [-0.25, -0.2) is 4.79 Å². The summed E-state index contributed by atoms with van der Waals surface area (Å²) in [4.78, 5) is 12.5. The van der Waals surface area contributed by atoms with Crippen molar-refractivity contribution >= 4 is 6.09 Å². The Morgan fingerprint density at radius 1 is 1.53 bits per heavy atom. The molecule has 2 atom stereocenters. The molecule has 2 fully saturated rings. The van der Waals surface area contributed by atoms with E-state index < -0.39 is 6.09 Å². The van der Waals surface area contributed by atoms with Crippen molar-refractivity contribution in [3.05, 3.63) is 0 Å². The van der Waals surface area contributed by atoms with Gasteiger partial charge in [0.15, 0.2) is 0 Å². The molecular weight excluding hydrogens is 192 g/mol. The molecule has 4 nitrogen and oxygen atoms in total. The minimum Gasteiger partial charge on any atom is -0.465 e. The van der Waals surface area contributed by atoms with E-state index in [4.69, 9.17) is 5.11 Å². The molecule has 0 radical (unpaired) electrons. The van der Waals surface area contributed by atoms with Crippen LogP contribution in [-0.4, -0.2) is 41.3 Å². The van der Waals surface area contributed by atoms with Crippen LogP contribution in [-0.2, 0) is 0 Å². The van der Waals surface area contributed by atoms with E-state index in [1.807, 2.05) is 0 Å². The molecule has 0 saturated carbocycles. The smallest absolute Gasteiger partial charge is 0.407 e. The van der Waals surface area contributed by atoms with E-state index >= 15 is 0 Å². The Morgan fingerprint density at radius 3 is 2.60 bits per heavy atom. The van der Waals surface area contributed by atoms with Gasteiger partial charge in [-0.1, -0.05) is 20.8 Å². The Labute approximate surface area is 90.6 Å². The zero-order valence-electron chi connectivity index (χ0n) is 9.71. The van der Waals surface area contributed by atoms with Crippen LogP contribution in [0.15, 0.2) is 0 Å². The molecule has 2 aliphatic rings. The van der Waals surface area contributed by atoms with Gasteiger partial charge >= 0.3 is 6.09 Å². The summed E-state index contributed by atoms with van der Waals surface area (Å²) in [5.74, 6) is 0.646. The van der Waals surface area contributed by atoms with Crippen LogP contribution in [0.2, 0.25) is 0 Å². The number of carbonyl (C=O) groups is 1. The quantitative estimate of drug-likeness (QED) is 0.637. The fourth-order valence-electron chi connectivity index (χ4n) is 3.00. The van der Waals surface area contributed by atoms with Gasteiger partial charge in [-0.05, 0) is 17.8 Å². The number of nitrogens with one attached hydrogen (secondary N) is 1. The van der Waals surface area contributed by atoms with Gasteiger partial charge in [0.05, 0.1) is 0 Å². The van der Waals surface area contributed by atoms with Gasteiger partial charge in [-0.2, -0.15) is 0 Å². The number of nitrogens with zero attached hydrogens (tertiary/aromatic N) is 1. The van der Waals surface area contributed by atoms with E-state index in [-0.39, 0.29) is 11.0 Å². The highest BCUT2D eigenvalue weighted by molar-refractivity contribution is 5.65. The second kappa shape index (κ2) is 3.11. The van der Waals surface area contributed by atoms with Crippen molar-refractivity contribution in [3.63, 3.8) is 0 Å². The van der Waals surface area contributed by atoms with Gasteiger partial charge in [0.2, 0.25) is 0 Å². The maximum absolute atomic E-state index is 11.0. The third-order valence-corrected chi connectivity index (χ3v) is 4.16. The first-order chi connectivity index (χ1) is 6.87. The zero-order valence-corrected chi connectivity index (χ0v) is 9.71. The summed E-state index contributed by atoms with van der Waals surface area (Å²) in [7, 11) is 0. The molecule has 0 aliphatic carbocycles. The minimum absolute atomic E-state index is 0.00361. The number of rotatable bonds is 0. The third kappa shape index (κ3) is 1.42. The largest absolute Gasteiger partial charge is 0.465 e. The average molecular weight is 212 g/mol. The van der Waals surface area contributed by atoms with Gasteiger partial charge in [-0.15, -0.1) is 0 Å². The van der Waals surface area contributed by atoms with Gasteiger partial charge in [0.1, 0.15) is 0 Å². The van der Waals surface area contributed by atoms with E-state index in [1.165, 1.54) is 0 Å². The number of likely N-dealkylation sites (tertiary alicyclic amines) is 1. The van der Waals surface area contributed by atoms with Crippen LogP contribution in [0.25, 0.3) is 0 Å². The topological polar surface area (TPSA) is 52.6 Å². The standard InChI is InChI=1S/C11H20N2O2/c1-10(2,3)11-7-13(9(14)15)5-4-8(11)6-12-11/h8,12H,4-7H2,1-3H3,(H,14,15)/t8-,11?/m0/s1. The van der Waals surface area contributed by atoms with E-state index in [0.717, 1.165) is 13.0 Å². The molecule has 4 heteroatoms. The monoisotopic (exact) mass is 212 g/mol. The zero-order chi connectivity index (χ0) is 11.3. The highest BCUT2D eigenvalue weighted by Crippen LogP contribution is 2.46. The molecule has 15 heavy (non-hydrogen) atoms. The fourth-order valence-corrected chi connectivity index (χ4v) is 3.00. The number of carboxylic acid groups (broad SMARTS) is 1. The molecule has 2 heterocycles. The first-order valence-electron chi connectivity index (χ1n) is 5.60. The maximum atomic E-state index is 11.0. The van der Waals surface area contributed by atoms with Gasteiger partial charge in [0.25, 0.3) is 0 Å². The van der Waals surface area contributed by atoms with Crippen LogP contribution in [0.5, 0.6) is 0 Å². The van der Waals surface area contributed by atoms with Crippen LogP contribution in [0.4, 0.5) is 4.79 Å². The van der Waals surface area contributed by atoms with E-state index in [1.54, 1.807) is 4.90 Å². The highest BCUT2D eigenvalue weighted by Gasteiger charge is 2.56. The van der Waals surface area contributed by atoms with Gasteiger partial charge in [0, 0.05) is 25.2 Å². The third-order valence-electron chi connectivity index (χ3n) is 4.16. The Kier molecular flexibility index (Phi) is 2.23. The van der Waals surface area contributed by atoms with Crippen molar-refractivity contribution < 1.29 is 9.90 Å². The molecule has 0 bridgehead atoms. The molecule has 0 aromatic rings.